The summed E-state index contributed by atoms with van der Waals surface area (Å²) in [7, 11) is 1.93. The third-order valence-electron chi connectivity index (χ3n) is 4.45. The number of aromatic nitrogens is 2. The van der Waals surface area contributed by atoms with Gasteiger partial charge in [-0.25, -0.2) is 9.97 Å². The van der Waals surface area contributed by atoms with E-state index < -0.39 is 0 Å². The SMILES string of the molecule is Cc1cc(C(=O)NCCCc2ccccc2)nc(N(C)Cc2ccccc2)n1. The molecule has 0 saturated heterocycles. The van der Waals surface area contributed by atoms with E-state index in [1.54, 1.807) is 6.07 Å². The molecule has 0 aliphatic heterocycles. The monoisotopic (exact) mass is 374 g/mol. The first-order valence-corrected chi connectivity index (χ1v) is 9.54. The van der Waals surface area contributed by atoms with Gasteiger partial charge in [0.15, 0.2) is 0 Å². The Morgan fingerprint density at radius 1 is 0.964 bits per heavy atom. The Balaban J connectivity index is 1.58. The van der Waals surface area contributed by atoms with Crippen molar-refractivity contribution in [3.63, 3.8) is 0 Å². The van der Waals surface area contributed by atoms with Crippen LogP contribution in [-0.4, -0.2) is 29.5 Å². The van der Waals surface area contributed by atoms with Crippen molar-refractivity contribution in [1.29, 1.82) is 0 Å². The molecule has 3 aromatic rings. The molecule has 0 spiro atoms. The van der Waals surface area contributed by atoms with E-state index in [2.05, 4.69) is 39.6 Å². The summed E-state index contributed by atoms with van der Waals surface area (Å²) in [4.78, 5) is 23.4. The Bertz CT molecular complexity index is 897. The first-order chi connectivity index (χ1) is 13.6. The summed E-state index contributed by atoms with van der Waals surface area (Å²) in [5.41, 5.74) is 3.63. The lowest BCUT2D eigenvalue weighted by Crippen LogP contribution is -2.27. The van der Waals surface area contributed by atoms with Gasteiger partial charge in [-0.15, -0.1) is 0 Å². The lowest BCUT2D eigenvalue weighted by Gasteiger charge is -2.18. The molecule has 0 bridgehead atoms. The van der Waals surface area contributed by atoms with Crippen molar-refractivity contribution >= 4 is 11.9 Å². The Morgan fingerprint density at radius 3 is 2.29 bits per heavy atom. The van der Waals surface area contributed by atoms with E-state index in [1.165, 1.54) is 11.1 Å². The highest BCUT2D eigenvalue weighted by molar-refractivity contribution is 5.92. The fraction of sp³-hybridized carbons (Fsp3) is 0.261. The summed E-state index contributed by atoms with van der Waals surface area (Å²) >= 11 is 0. The van der Waals surface area contributed by atoms with Crippen molar-refractivity contribution in [3.8, 4) is 0 Å². The van der Waals surface area contributed by atoms with E-state index in [0.29, 0.717) is 24.7 Å². The number of benzene rings is 2. The molecule has 0 unspecified atom stereocenters. The van der Waals surface area contributed by atoms with Gasteiger partial charge in [-0.2, -0.15) is 0 Å². The minimum absolute atomic E-state index is 0.159. The molecular formula is C23H26N4O. The highest BCUT2D eigenvalue weighted by Gasteiger charge is 2.13. The van der Waals surface area contributed by atoms with E-state index >= 15 is 0 Å². The molecule has 28 heavy (non-hydrogen) atoms. The fourth-order valence-corrected chi connectivity index (χ4v) is 3.00. The first kappa shape index (κ1) is 19.5. The standard InChI is InChI=1S/C23H26N4O/c1-18-16-21(22(28)24-15-9-14-19-10-5-3-6-11-19)26-23(25-18)27(2)17-20-12-7-4-8-13-20/h3-8,10-13,16H,9,14-15,17H2,1-2H3,(H,24,28). The van der Waals surface area contributed by atoms with Gasteiger partial charge in [-0.05, 0) is 37.0 Å². The summed E-state index contributed by atoms with van der Waals surface area (Å²) in [5.74, 6) is 0.395. The molecule has 0 aliphatic carbocycles. The third kappa shape index (κ3) is 5.64. The van der Waals surface area contributed by atoms with Crippen LogP contribution >= 0.6 is 0 Å². The molecule has 0 aliphatic rings. The number of amides is 1. The second-order valence-corrected chi connectivity index (χ2v) is 6.88. The highest BCUT2D eigenvalue weighted by Crippen LogP contribution is 2.12. The van der Waals surface area contributed by atoms with Crippen LogP contribution < -0.4 is 10.2 Å². The molecule has 3 rings (SSSR count). The summed E-state index contributed by atoms with van der Waals surface area (Å²) in [6, 6.07) is 22.1. The van der Waals surface area contributed by atoms with Gasteiger partial charge in [0.05, 0.1) is 0 Å². The normalized spacial score (nSPS) is 10.5. The second kappa shape index (κ2) is 9.65. The van der Waals surface area contributed by atoms with Gasteiger partial charge in [-0.3, -0.25) is 4.79 Å². The molecule has 1 N–H and O–H groups in total. The number of nitrogens with zero attached hydrogens (tertiary/aromatic N) is 3. The molecule has 5 nitrogen and oxygen atoms in total. The average Bonchev–Trinajstić information content (AvgIpc) is 2.72. The Labute approximate surface area is 166 Å². The van der Waals surface area contributed by atoms with Crippen LogP contribution in [0.25, 0.3) is 0 Å². The van der Waals surface area contributed by atoms with Gasteiger partial charge in [0.25, 0.3) is 5.91 Å². The van der Waals surface area contributed by atoms with Gasteiger partial charge >= 0.3 is 0 Å². The number of hydrogen-bond acceptors (Lipinski definition) is 4. The van der Waals surface area contributed by atoms with Gasteiger partial charge < -0.3 is 10.2 Å². The lowest BCUT2D eigenvalue weighted by molar-refractivity contribution is 0.0948. The van der Waals surface area contributed by atoms with E-state index in [9.17, 15) is 4.79 Å². The Kier molecular flexibility index (Phi) is 6.73. The molecule has 1 heterocycles. The van der Waals surface area contributed by atoms with Crippen molar-refractivity contribution in [2.45, 2.75) is 26.3 Å². The Hall–Kier alpha value is -3.21. The topological polar surface area (TPSA) is 58.1 Å². The van der Waals surface area contributed by atoms with Gasteiger partial charge in [0.2, 0.25) is 5.95 Å². The maximum atomic E-state index is 12.5. The quantitative estimate of drug-likeness (QED) is 0.610. The van der Waals surface area contributed by atoms with Crippen molar-refractivity contribution in [1.82, 2.24) is 15.3 Å². The van der Waals surface area contributed by atoms with Crippen LogP contribution in [0.1, 0.15) is 33.7 Å². The first-order valence-electron chi connectivity index (χ1n) is 9.54. The molecule has 1 aromatic heterocycles. The van der Waals surface area contributed by atoms with Crippen LogP contribution in [0, 0.1) is 6.92 Å². The molecule has 0 fully saturated rings. The Morgan fingerprint density at radius 2 is 1.61 bits per heavy atom. The number of carbonyl (C=O) groups is 1. The minimum Gasteiger partial charge on any atom is -0.351 e. The second-order valence-electron chi connectivity index (χ2n) is 6.88. The third-order valence-corrected chi connectivity index (χ3v) is 4.45. The predicted molar refractivity (Wildman–Crippen MR) is 112 cm³/mol. The molecule has 2 aromatic carbocycles. The van der Waals surface area contributed by atoms with Gasteiger partial charge in [-0.1, -0.05) is 60.7 Å². The smallest absolute Gasteiger partial charge is 0.270 e. The summed E-state index contributed by atoms with van der Waals surface area (Å²) in [5, 5.41) is 2.96. The molecule has 1 amide bonds. The average molecular weight is 374 g/mol. The summed E-state index contributed by atoms with van der Waals surface area (Å²) < 4.78 is 0. The molecule has 0 radical (unpaired) electrons. The van der Waals surface area contributed by atoms with Gasteiger partial charge in [0, 0.05) is 25.8 Å². The zero-order chi connectivity index (χ0) is 19.8. The van der Waals surface area contributed by atoms with Crippen LogP contribution in [0.2, 0.25) is 0 Å². The number of aryl methyl sites for hydroxylation is 2. The lowest BCUT2D eigenvalue weighted by atomic mass is 10.1. The van der Waals surface area contributed by atoms with Crippen LogP contribution in [0.4, 0.5) is 5.95 Å². The van der Waals surface area contributed by atoms with Crippen molar-refractivity contribution in [3.05, 3.63) is 89.2 Å². The van der Waals surface area contributed by atoms with Crippen LogP contribution in [0.3, 0.4) is 0 Å². The van der Waals surface area contributed by atoms with Crippen LogP contribution in [0.5, 0.6) is 0 Å². The fourth-order valence-electron chi connectivity index (χ4n) is 3.00. The number of nitrogens with one attached hydrogen (secondary N) is 1. The zero-order valence-corrected chi connectivity index (χ0v) is 16.4. The van der Waals surface area contributed by atoms with E-state index in [1.807, 2.05) is 55.3 Å². The molecule has 5 heteroatoms. The van der Waals surface area contributed by atoms with Crippen LogP contribution in [-0.2, 0) is 13.0 Å². The van der Waals surface area contributed by atoms with E-state index in [-0.39, 0.29) is 5.91 Å². The summed E-state index contributed by atoms with van der Waals surface area (Å²) in [6.07, 6.45) is 1.83. The highest BCUT2D eigenvalue weighted by atomic mass is 16.1. The van der Waals surface area contributed by atoms with E-state index in [0.717, 1.165) is 18.5 Å². The zero-order valence-electron chi connectivity index (χ0n) is 16.4. The van der Waals surface area contributed by atoms with Crippen molar-refractivity contribution in [2.24, 2.45) is 0 Å². The number of rotatable bonds is 8. The molecular weight excluding hydrogens is 348 g/mol. The molecule has 0 atom stereocenters. The molecule has 144 valence electrons. The van der Waals surface area contributed by atoms with Gasteiger partial charge in [0.1, 0.15) is 5.69 Å². The summed E-state index contributed by atoms with van der Waals surface area (Å²) in [6.45, 7) is 3.18. The van der Waals surface area contributed by atoms with Crippen LogP contribution in [0.15, 0.2) is 66.7 Å². The maximum absolute atomic E-state index is 12.5. The number of hydrogen-bond donors (Lipinski definition) is 1. The van der Waals surface area contributed by atoms with Crippen molar-refractivity contribution < 1.29 is 4.79 Å². The largest absolute Gasteiger partial charge is 0.351 e. The van der Waals surface area contributed by atoms with E-state index in [4.69, 9.17) is 0 Å². The predicted octanol–water partition coefficient (Wildman–Crippen LogP) is 3.78. The maximum Gasteiger partial charge on any atom is 0.270 e. The minimum atomic E-state index is -0.159. The number of anilines is 1. The number of carbonyl (C=O) groups excluding carboxylic acids is 1. The van der Waals surface area contributed by atoms with Crippen molar-refractivity contribution in [2.75, 3.05) is 18.5 Å². The molecule has 0 saturated carbocycles.